The Bertz CT molecular complexity index is 910. The van der Waals surface area contributed by atoms with Crippen LogP contribution in [0.3, 0.4) is 0 Å². The first-order valence-corrected chi connectivity index (χ1v) is 7.63. The molecule has 118 valence electrons. The van der Waals surface area contributed by atoms with E-state index in [1.165, 1.54) is 12.1 Å². The molecule has 6 heteroatoms. The Labute approximate surface area is 137 Å². The van der Waals surface area contributed by atoms with E-state index in [1.54, 1.807) is 24.3 Å². The third kappa shape index (κ3) is 3.75. The molecule has 0 fully saturated rings. The molecule has 0 spiro atoms. The quantitative estimate of drug-likeness (QED) is 0.767. The van der Waals surface area contributed by atoms with Crippen LogP contribution in [-0.2, 0) is 13.1 Å². The molecule has 1 atom stereocenters. The van der Waals surface area contributed by atoms with Gasteiger partial charge in [-0.15, -0.1) is 0 Å². The van der Waals surface area contributed by atoms with Gasteiger partial charge in [-0.1, -0.05) is 23.7 Å². The van der Waals surface area contributed by atoms with Crippen LogP contribution in [0.1, 0.15) is 11.4 Å². The number of hydrogen-bond donors (Lipinski definition) is 2. The Morgan fingerprint density at radius 1 is 1.22 bits per heavy atom. The van der Waals surface area contributed by atoms with Crippen molar-refractivity contribution in [3.05, 3.63) is 75.0 Å². The molecule has 0 aliphatic carbocycles. The van der Waals surface area contributed by atoms with E-state index in [2.05, 4.69) is 9.97 Å². The summed E-state index contributed by atoms with van der Waals surface area (Å²) in [5, 5.41) is 1.06. The second-order valence-electron chi connectivity index (χ2n) is 5.61. The smallest absolute Gasteiger partial charge is 0.258 e. The lowest BCUT2D eigenvalue weighted by Gasteiger charge is -2.13. The standard InChI is InChI=1S/C17H15ClFN3O/c1-22(9-11-3-2-4-13(19)7-11)10-16-20-15-8-12(18)5-6-14(15)17(23)21-16/h2-8H,9-10H2,1H3,(H,20,21,23)/p+1. The van der Waals surface area contributed by atoms with Gasteiger partial charge in [-0.2, -0.15) is 0 Å². The van der Waals surface area contributed by atoms with Gasteiger partial charge in [0.05, 0.1) is 18.0 Å². The fraction of sp³-hybridized carbons (Fsp3) is 0.176. The number of aromatic amines is 1. The number of rotatable bonds is 4. The van der Waals surface area contributed by atoms with Crippen LogP contribution in [0.15, 0.2) is 47.3 Å². The minimum atomic E-state index is -0.248. The first-order valence-electron chi connectivity index (χ1n) is 7.25. The zero-order chi connectivity index (χ0) is 16.4. The van der Waals surface area contributed by atoms with Gasteiger partial charge >= 0.3 is 0 Å². The van der Waals surface area contributed by atoms with Crippen LogP contribution in [0.5, 0.6) is 0 Å². The third-order valence-electron chi connectivity index (χ3n) is 3.58. The highest BCUT2D eigenvalue weighted by Gasteiger charge is 2.10. The zero-order valence-electron chi connectivity index (χ0n) is 12.6. The molecular weight excluding hydrogens is 317 g/mol. The van der Waals surface area contributed by atoms with E-state index in [1.807, 2.05) is 13.1 Å². The van der Waals surface area contributed by atoms with Crippen LogP contribution < -0.4 is 10.5 Å². The summed E-state index contributed by atoms with van der Waals surface area (Å²) in [5.74, 6) is 0.334. The van der Waals surface area contributed by atoms with Gasteiger partial charge < -0.3 is 9.88 Å². The molecule has 2 aromatic carbocycles. The van der Waals surface area contributed by atoms with Gasteiger partial charge in [0.25, 0.3) is 5.56 Å². The van der Waals surface area contributed by atoms with Crippen molar-refractivity contribution in [1.29, 1.82) is 0 Å². The molecule has 3 aromatic rings. The first kappa shape index (κ1) is 15.6. The van der Waals surface area contributed by atoms with Gasteiger partial charge in [0, 0.05) is 10.6 Å². The fourth-order valence-electron chi connectivity index (χ4n) is 2.59. The van der Waals surface area contributed by atoms with Gasteiger partial charge in [0.15, 0.2) is 5.82 Å². The van der Waals surface area contributed by atoms with Crippen molar-refractivity contribution < 1.29 is 9.29 Å². The van der Waals surface area contributed by atoms with Gasteiger partial charge in [-0.25, -0.2) is 9.37 Å². The van der Waals surface area contributed by atoms with Crippen molar-refractivity contribution in [1.82, 2.24) is 9.97 Å². The maximum Gasteiger partial charge on any atom is 0.258 e. The van der Waals surface area contributed by atoms with E-state index in [0.29, 0.717) is 34.8 Å². The molecule has 1 heterocycles. The SMILES string of the molecule is C[NH+](Cc1cccc(F)c1)Cc1nc2cc(Cl)ccc2c(=O)[nH]1. The van der Waals surface area contributed by atoms with E-state index >= 15 is 0 Å². The number of aromatic nitrogens is 2. The van der Waals surface area contributed by atoms with E-state index in [0.717, 1.165) is 10.5 Å². The molecule has 0 saturated heterocycles. The lowest BCUT2D eigenvalue weighted by molar-refractivity contribution is -0.908. The van der Waals surface area contributed by atoms with Gasteiger partial charge in [-0.3, -0.25) is 4.79 Å². The lowest BCUT2D eigenvalue weighted by Crippen LogP contribution is -3.06. The minimum absolute atomic E-state index is 0.180. The lowest BCUT2D eigenvalue weighted by atomic mass is 10.2. The molecule has 3 rings (SSSR count). The summed E-state index contributed by atoms with van der Waals surface area (Å²) in [6.07, 6.45) is 0. The molecule has 0 bridgehead atoms. The van der Waals surface area contributed by atoms with Crippen molar-refractivity contribution in [3.63, 3.8) is 0 Å². The van der Waals surface area contributed by atoms with Crippen molar-refractivity contribution in [2.24, 2.45) is 0 Å². The number of H-pyrrole nitrogens is 1. The van der Waals surface area contributed by atoms with Gasteiger partial charge in [0.1, 0.15) is 18.9 Å². The Hall–Kier alpha value is -2.24. The molecule has 23 heavy (non-hydrogen) atoms. The molecule has 1 aromatic heterocycles. The monoisotopic (exact) mass is 332 g/mol. The summed E-state index contributed by atoms with van der Waals surface area (Å²) in [5.41, 5.74) is 1.30. The molecule has 4 nitrogen and oxygen atoms in total. The maximum absolute atomic E-state index is 13.2. The average molecular weight is 333 g/mol. The van der Waals surface area contributed by atoms with Crippen LogP contribution in [0.2, 0.25) is 5.02 Å². The summed E-state index contributed by atoms with van der Waals surface area (Å²) in [6.45, 7) is 1.16. The number of nitrogens with zero attached hydrogens (tertiary/aromatic N) is 1. The molecule has 0 aliphatic heterocycles. The fourth-order valence-corrected chi connectivity index (χ4v) is 2.75. The average Bonchev–Trinajstić information content (AvgIpc) is 2.46. The van der Waals surface area contributed by atoms with Crippen LogP contribution in [-0.4, -0.2) is 17.0 Å². The third-order valence-corrected chi connectivity index (χ3v) is 3.82. The number of hydrogen-bond acceptors (Lipinski definition) is 2. The molecule has 0 aliphatic rings. The number of quaternary nitrogens is 1. The van der Waals surface area contributed by atoms with E-state index in [4.69, 9.17) is 11.6 Å². The number of benzene rings is 2. The molecule has 0 saturated carbocycles. The normalized spacial score (nSPS) is 12.5. The van der Waals surface area contributed by atoms with Gasteiger partial charge in [-0.05, 0) is 30.3 Å². The first-order chi connectivity index (χ1) is 11.0. The van der Waals surface area contributed by atoms with E-state index in [9.17, 15) is 9.18 Å². The van der Waals surface area contributed by atoms with Crippen LogP contribution in [0.25, 0.3) is 10.9 Å². The van der Waals surface area contributed by atoms with E-state index < -0.39 is 0 Å². The van der Waals surface area contributed by atoms with Crippen molar-refractivity contribution >= 4 is 22.5 Å². The molecule has 2 N–H and O–H groups in total. The largest absolute Gasteiger partial charge is 0.327 e. The van der Waals surface area contributed by atoms with E-state index in [-0.39, 0.29) is 11.4 Å². The Morgan fingerprint density at radius 2 is 2.04 bits per heavy atom. The second-order valence-corrected chi connectivity index (χ2v) is 6.05. The molecular formula is C17H16ClFN3O+. The maximum atomic E-state index is 13.2. The van der Waals surface area contributed by atoms with Gasteiger partial charge in [0.2, 0.25) is 0 Å². The van der Waals surface area contributed by atoms with Crippen LogP contribution >= 0.6 is 11.6 Å². The number of nitrogens with one attached hydrogen (secondary N) is 2. The predicted octanol–water partition coefficient (Wildman–Crippen LogP) is 1.93. The highest BCUT2D eigenvalue weighted by Crippen LogP contribution is 2.14. The number of halogens is 2. The summed E-state index contributed by atoms with van der Waals surface area (Å²) in [6, 6.07) is 11.5. The van der Waals surface area contributed by atoms with Crippen LogP contribution in [0.4, 0.5) is 4.39 Å². The second kappa shape index (κ2) is 6.48. The summed E-state index contributed by atoms with van der Waals surface area (Å²) in [4.78, 5) is 20.4. The van der Waals surface area contributed by atoms with Crippen molar-refractivity contribution in [3.8, 4) is 0 Å². The number of fused-ring (bicyclic) bond motifs is 1. The summed E-state index contributed by atoms with van der Waals surface area (Å²) < 4.78 is 13.2. The van der Waals surface area contributed by atoms with Crippen molar-refractivity contribution in [2.75, 3.05) is 7.05 Å². The Balaban J connectivity index is 1.82. The predicted molar refractivity (Wildman–Crippen MR) is 88.1 cm³/mol. The topological polar surface area (TPSA) is 50.2 Å². The highest BCUT2D eigenvalue weighted by atomic mass is 35.5. The van der Waals surface area contributed by atoms with Crippen molar-refractivity contribution in [2.45, 2.75) is 13.1 Å². The summed E-state index contributed by atoms with van der Waals surface area (Å²) in [7, 11) is 1.97. The molecule has 0 radical (unpaired) electrons. The highest BCUT2D eigenvalue weighted by molar-refractivity contribution is 6.31. The Morgan fingerprint density at radius 3 is 2.83 bits per heavy atom. The molecule has 1 unspecified atom stereocenters. The minimum Gasteiger partial charge on any atom is -0.327 e. The van der Waals surface area contributed by atoms with Crippen LogP contribution in [0, 0.1) is 5.82 Å². The zero-order valence-corrected chi connectivity index (χ0v) is 13.3. The Kier molecular flexibility index (Phi) is 4.41. The molecule has 0 amide bonds. The summed E-state index contributed by atoms with van der Waals surface area (Å²) >= 11 is 5.96.